The topological polar surface area (TPSA) is 99.1 Å². The highest BCUT2D eigenvalue weighted by Crippen LogP contribution is 2.46. The van der Waals surface area contributed by atoms with Gasteiger partial charge in [0, 0.05) is 24.2 Å². The summed E-state index contributed by atoms with van der Waals surface area (Å²) in [7, 11) is 0. The number of nitrogens with one attached hydrogen (secondary N) is 1. The number of benzene rings is 1. The Bertz CT molecular complexity index is 1270. The number of nitrogens with zero attached hydrogens (tertiary/aromatic N) is 2. The number of aliphatic imine (C=N–C) groups is 1. The molecule has 1 aromatic rings. The average molecular weight is 584 g/mol. The first-order valence-electron chi connectivity index (χ1n) is 14.8. The third kappa shape index (κ3) is 8.01. The summed E-state index contributed by atoms with van der Waals surface area (Å²) in [6.07, 6.45) is 6.70. The fourth-order valence-electron chi connectivity index (χ4n) is 5.70. The molecule has 3 aliphatic rings. The van der Waals surface area contributed by atoms with E-state index in [2.05, 4.69) is 26.1 Å². The summed E-state index contributed by atoms with van der Waals surface area (Å²) >= 11 is 0. The maximum absolute atomic E-state index is 14.3. The molecule has 1 heterocycles. The Hall–Kier alpha value is -3.62. The van der Waals surface area contributed by atoms with Crippen LogP contribution in [0.3, 0.4) is 0 Å². The number of allylic oxidation sites excluding steroid dienone is 5. The molecule has 7 nitrogen and oxygen atoms in total. The number of carbonyl (C=O) groups is 3. The molecule has 1 spiro atoms. The van der Waals surface area contributed by atoms with E-state index >= 15 is 0 Å². The standard InChI is InChI=1S/C31H37F2N3O4.C2H6/c1-30(2,3)23-10-14-31(15-11-23)35-27(22-8-9-24(32)19-25(33)18-22)29(40)36(31)17-13-20-4-6-21(7-5-20)28(39)34-16-12-26(37)38;1-2/h4-9,18-19,23-24H,10-17H2,1-3H3,(H,34,39)(H,37,38);1-2H3. The van der Waals surface area contributed by atoms with Crippen LogP contribution in [0.1, 0.15) is 82.6 Å². The van der Waals surface area contributed by atoms with Crippen molar-refractivity contribution in [1.29, 1.82) is 0 Å². The van der Waals surface area contributed by atoms with Crippen LogP contribution >= 0.6 is 0 Å². The van der Waals surface area contributed by atoms with E-state index in [0.717, 1.165) is 24.5 Å². The van der Waals surface area contributed by atoms with Crippen molar-refractivity contribution in [3.63, 3.8) is 0 Å². The highest BCUT2D eigenvalue weighted by Gasteiger charge is 2.50. The number of halogens is 2. The summed E-state index contributed by atoms with van der Waals surface area (Å²) in [6, 6.07) is 6.98. The van der Waals surface area contributed by atoms with E-state index in [1.807, 2.05) is 26.0 Å². The highest BCUT2D eigenvalue weighted by molar-refractivity contribution is 6.47. The fourth-order valence-corrected chi connectivity index (χ4v) is 5.70. The lowest BCUT2D eigenvalue weighted by Crippen LogP contribution is -2.50. The number of carboxylic acids is 1. The number of carboxylic acid groups (broad SMARTS) is 1. The smallest absolute Gasteiger partial charge is 0.305 e. The van der Waals surface area contributed by atoms with Gasteiger partial charge >= 0.3 is 5.97 Å². The summed E-state index contributed by atoms with van der Waals surface area (Å²) in [4.78, 5) is 43.4. The molecule has 0 aromatic heterocycles. The predicted octanol–water partition coefficient (Wildman–Crippen LogP) is 6.36. The van der Waals surface area contributed by atoms with Crippen LogP contribution in [0.25, 0.3) is 0 Å². The Kier molecular flexibility index (Phi) is 11.0. The molecule has 1 unspecified atom stereocenters. The van der Waals surface area contributed by atoms with Crippen molar-refractivity contribution in [1.82, 2.24) is 10.2 Å². The van der Waals surface area contributed by atoms with Crippen molar-refractivity contribution in [2.24, 2.45) is 16.3 Å². The van der Waals surface area contributed by atoms with Gasteiger partial charge in [0.15, 0.2) is 0 Å². The van der Waals surface area contributed by atoms with Gasteiger partial charge in [-0.3, -0.25) is 19.4 Å². The van der Waals surface area contributed by atoms with Crippen molar-refractivity contribution in [2.75, 3.05) is 13.1 Å². The van der Waals surface area contributed by atoms with Crippen LogP contribution in [0.2, 0.25) is 0 Å². The maximum Gasteiger partial charge on any atom is 0.305 e. The summed E-state index contributed by atoms with van der Waals surface area (Å²) in [5, 5.41) is 11.3. The predicted molar refractivity (Wildman–Crippen MR) is 161 cm³/mol. The van der Waals surface area contributed by atoms with Gasteiger partial charge in [-0.1, -0.05) is 52.8 Å². The molecule has 1 aromatic carbocycles. The lowest BCUT2D eigenvalue weighted by molar-refractivity contribution is -0.136. The van der Waals surface area contributed by atoms with E-state index in [9.17, 15) is 23.2 Å². The molecule has 42 heavy (non-hydrogen) atoms. The molecular weight excluding hydrogens is 540 g/mol. The number of rotatable bonds is 8. The number of carbonyl (C=O) groups excluding carboxylic acids is 2. The van der Waals surface area contributed by atoms with Crippen LogP contribution in [0, 0.1) is 11.3 Å². The number of aliphatic carboxylic acids is 1. The zero-order valence-electron chi connectivity index (χ0n) is 25.3. The minimum Gasteiger partial charge on any atom is -0.481 e. The zero-order valence-corrected chi connectivity index (χ0v) is 25.3. The first kappa shape index (κ1) is 32.9. The highest BCUT2D eigenvalue weighted by atomic mass is 19.1. The van der Waals surface area contributed by atoms with Gasteiger partial charge in [0.2, 0.25) is 0 Å². The van der Waals surface area contributed by atoms with Gasteiger partial charge < -0.3 is 15.3 Å². The zero-order chi connectivity index (χ0) is 31.1. The molecule has 0 saturated heterocycles. The lowest BCUT2D eigenvalue weighted by atomic mass is 9.69. The van der Waals surface area contributed by atoms with E-state index in [0.29, 0.717) is 37.3 Å². The van der Waals surface area contributed by atoms with Gasteiger partial charge in [-0.15, -0.1) is 0 Å². The summed E-state index contributed by atoms with van der Waals surface area (Å²) in [5.74, 6) is -1.86. The Labute approximate surface area is 247 Å². The minimum atomic E-state index is -1.57. The van der Waals surface area contributed by atoms with Crippen molar-refractivity contribution >= 4 is 23.5 Å². The number of hydrogen-bond acceptors (Lipinski definition) is 4. The van der Waals surface area contributed by atoms with Crippen molar-refractivity contribution in [2.45, 2.75) is 85.0 Å². The van der Waals surface area contributed by atoms with Gasteiger partial charge in [-0.05, 0) is 79.4 Å². The van der Waals surface area contributed by atoms with Crippen LogP contribution < -0.4 is 5.32 Å². The van der Waals surface area contributed by atoms with E-state index in [1.165, 1.54) is 18.2 Å². The summed E-state index contributed by atoms with van der Waals surface area (Å²) in [6.45, 7) is 11.1. The van der Waals surface area contributed by atoms with Crippen LogP contribution in [0.15, 0.2) is 65.0 Å². The molecule has 2 amide bonds. The molecule has 0 bridgehead atoms. The molecule has 1 aliphatic heterocycles. The number of alkyl halides is 1. The SMILES string of the molecule is CC.CC(C)(C)C1CCC2(CC1)N=C(C1=CC(F)=CC(F)C=C1)C(=O)N2CCc1ccc(C(=O)NCCC(=O)O)cc1. The number of hydrogen-bond donors (Lipinski definition) is 2. The quantitative estimate of drug-likeness (QED) is 0.372. The monoisotopic (exact) mass is 583 g/mol. The van der Waals surface area contributed by atoms with E-state index in [-0.39, 0.29) is 41.5 Å². The molecule has 228 valence electrons. The molecule has 1 atom stereocenters. The van der Waals surface area contributed by atoms with Gasteiger partial charge in [0.1, 0.15) is 23.4 Å². The van der Waals surface area contributed by atoms with Crippen molar-refractivity contribution < 1.29 is 28.3 Å². The van der Waals surface area contributed by atoms with E-state index in [1.54, 1.807) is 17.0 Å². The Morgan fingerprint density at radius 2 is 1.79 bits per heavy atom. The molecule has 1 saturated carbocycles. The summed E-state index contributed by atoms with van der Waals surface area (Å²) in [5.41, 5.74) is 1.19. The lowest BCUT2D eigenvalue weighted by Gasteiger charge is -2.45. The molecular formula is C33H43F2N3O4. The van der Waals surface area contributed by atoms with Crippen LogP contribution in [-0.4, -0.2) is 58.4 Å². The normalized spacial score (nSPS) is 23.8. The van der Waals surface area contributed by atoms with Crippen molar-refractivity contribution in [3.8, 4) is 0 Å². The first-order valence-corrected chi connectivity index (χ1v) is 14.8. The Morgan fingerprint density at radius 3 is 2.38 bits per heavy atom. The third-order valence-electron chi connectivity index (χ3n) is 8.09. The number of amides is 2. The van der Waals surface area contributed by atoms with Crippen LogP contribution in [0.5, 0.6) is 0 Å². The van der Waals surface area contributed by atoms with E-state index in [4.69, 9.17) is 10.1 Å². The third-order valence-corrected chi connectivity index (χ3v) is 8.09. The minimum absolute atomic E-state index is 0.0464. The Balaban J connectivity index is 0.00000237. The van der Waals surface area contributed by atoms with Gasteiger partial charge in [-0.25, -0.2) is 8.78 Å². The largest absolute Gasteiger partial charge is 0.481 e. The molecule has 0 radical (unpaired) electrons. The molecule has 1 fully saturated rings. The average Bonchev–Trinajstić information content (AvgIpc) is 3.07. The van der Waals surface area contributed by atoms with Gasteiger partial charge in [-0.2, -0.15) is 0 Å². The van der Waals surface area contributed by atoms with Crippen LogP contribution in [0.4, 0.5) is 8.78 Å². The van der Waals surface area contributed by atoms with Gasteiger partial charge in [0.25, 0.3) is 11.8 Å². The molecule has 4 rings (SSSR count). The maximum atomic E-state index is 14.3. The second kappa shape index (κ2) is 14.0. The second-order valence-corrected chi connectivity index (χ2v) is 11.8. The van der Waals surface area contributed by atoms with Gasteiger partial charge in [0.05, 0.1) is 6.42 Å². The second-order valence-electron chi connectivity index (χ2n) is 11.8. The fraction of sp³-hybridized carbons (Fsp3) is 0.515. The summed E-state index contributed by atoms with van der Waals surface area (Å²) < 4.78 is 28.2. The molecule has 2 N–H and O–H groups in total. The van der Waals surface area contributed by atoms with Crippen LogP contribution in [-0.2, 0) is 16.0 Å². The van der Waals surface area contributed by atoms with Crippen molar-refractivity contribution in [3.05, 3.63) is 71.1 Å². The van der Waals surface area contributed by atoms with E-state index < -0.39 is 23.6 Å². The first-order chi connectivity index (χ1) is 19.9. The molecule has 9 heteroatoms. The molecule has 2 aliphatic carbocycles. The Morgan fingerprint density at radius 1 is 1.14 bits per heavy atom.